The van der Waals surface area contributed by atoms with Crippen molar-refractivity contribution < 1.29 is 0 Å². The minimum atomic E-state index is 1.11. The van der Waals surface area contributed by atoms with Gasteiger partial charge in [0.05, 0.1) is 0 Å². The molecule has 0 amide bonds. The van der Waals surface area contributed by atoms with E-state index in [0.717, 1.165) is 6.42 Å². The summed E-state index contributed by atoms with van der Waals surface area (Å²) in [5.41, 5.74) is 1.45. The molecule has 0 aromatic carbocycles. The van der Waals surface area contributed by atoms with Crippen molar-refractivity contribution in [2.75, 3.05) is 39.8 Å². The lowest BCUT2D eigenvalue weighted by atomic mass is 10.1. The van der Waals surface area contributed by atoms with Crippen molar-refractivity contribution in [1.82, 2.24) is 19.4 Å². The zero-order chi connectivity index (χ0) is 12.4. The highest BCUT2D eigenvalue weighted by Gasteiger charge is 2.17. The van der Waals surface area contributed by atoms with Crippen LogP contribution in [0.15, 0.2) is 6.20 Å². The Bertz CT molecular complexity index is 390. The topological polar surface area (TPSA) is 24.3 Å². The molecule has 0 aliphatic carbocycles. The van der Waals surface area contributed by atoms with E-state index >= 15 is 0 Å². The van der Waals surface area contributed by atoms with Gasteiger partial charge in [0.25, 0.3) is 0 Å². The van der Waals surface area contributed by atoms with Gasteiger partial charge in [-0.3, -0.25) is 0 Å². The van der Waals surface area contributed by atoms with Gasteiger partial charge in [-0.25, -0.2) is 4.98 Å². The Labute approximate surface area is 110 Å². The molecule has 0 unspecified atom stereocenters. The Hall–Kier alpha value is -0.870. The molecule has 4 heteroatoms. The Kier molecular flexibility index (Phi) is 3.66. The summed E-state index contributed by atoms with van der Waals surface area (Å²) in [7, 11) is 2.21. The summed E-state index contributed by atoms with van der Waals surface area (Å²) in [6, 6.07) is 0. The molecule has 0 radical (unpaired) electrons. The molecule has 0 N–H and O–H groups in total. The van der Waals surface area contributed by atoms with Crippen molar-refractivity contribution in [3.8, 4) is 0 Å². The Morgan fingerprint density at radius 3 is 2.78 bits per heavy atom. The molecule has 2 aliphatic rings. The molecular weight excluding hydrogens is 224 g/mol. The average molecular weight is 248 g/mol. The maximum atomic E-state index is 4.62. The first kappa shape index (κ1) is 12.2. The summed E-state index contributed by atoms with van der Waals surface area (Å²) in [5, 5.41) is 0. The summed E-state index contributed by atoms with van der Waals surface area (Å²) >= 11 is 0. The van der Waals surface area contributed by atoms with Gasteiger partial charge in [0.1, 0.15) is 5.82 Å². The number of hydrogen-bond acceptors (Lipinski definition) is 3. The minimum absolute atomic E-state index is 1.11. The maximum absolute atomic E-state index is 4.62. The zero-order valence-electron chi connectivity index (χ0n) is 11.4. The van der Waals surface area contributed by atoms with Crippen LogP contribution in [0.1, 0.15) is 24.4 Å². The molecule has 3 rings (SSSR count). The van der Waals surface area contributed by atoms with E-state index in [1.807, 2.05) is 0 Å². The van der Waals surface area contributed by atoms with Crippen molar-refractivity contribution in [2.45, 2.75) is 32.2 Å². The molecule has 0 bridgehead atoms. The molecule has 1 fully saturated rings. The summed E-state index contributed by atoms with van der Waals surface area (Å²) in [4.78, 5) is 9.61. The fourth-order valence-electron chi connectivity index (χ4n) is 3.03. The molecule has 2 aliphatic heterocycles. The first-order valence-corrected chi connectivity index (χ1v) is 7.27. The summed E-state index contributed by atoms with van der Waals surface area (Å²) in [5.74, 6) is 1.31. The molecule has 4 nitrogen and oxygen atoms in total. The third-order valence-corrected chi connectivity index (χ3v) is 4.33. The zero-order valence-corrected chi connectivity index (χ0v) is 11.4. The van der Waals surface area contributed by atoms with Gasteiger partial charge in [0.15, 0.2) is 0 Å². The number of fused-ring (bicyclic) bond motifs is 1. The van der Waals surface area contributed by atoms with Crippen LogP contribution in [0.3, 0.4) is 0 Å². The summed E-state index contributed by atoms with van der Waals surface area (Å²) in [6.07, 6.45) is 7.10. The number of imidazole rings is 1. The van der Waals surface area contributed by atoms with Crippen molar-refractivity contribution in [2.24, 2.45) is 0 Å². The highest BCUT2D eigenvalue weighted by atomic mass is 15.2. The van der Waals surface area contributed by atoms with Crippen molar-refractivity contribution >= 4 is 0 Å². The van der Waals surface area contributed by atoms with Gasteiger partial charge in [-0.15, -0.1) is 0 Å². The van der Waals surface area contributed by atoms with Crippen LogP contribution in [-0.2, 0) is 19.4 Å². The van der Waals surface area contributed by atoms with Gasteiger partial charge >= 0.3 is 0 Å². The van der Waals surface area contributed by atoms with Gasteiger partial charge < -0.3 is 14.4 Å². The van der Waals surface area contributed by atoms with Crippen LogP contribution in [-0.4, -0.2) is 59.1 Å². The van der Waals surface area contributed by atoms with E-state index in [-0.39, 0.29) is 0 Å². The quantitative estimate of drug-likeness (QED) is 0.798. The SMILES string of the molecule is CN1CCN(CCc2ncc3n2CCCC3)CC1. The Morgan fingerprint density at radius 2 is 1.94 bits per heavy atom. The van der Waals surface area contributed by atoms with E-state index in [2.05, 4.69) is 32.6 Å². The highest BCUT2D eigenvalue weighted by Crippen LogP contribution is 2.17. The van der Waals surface area contributed by atoms with Crippen LogP contribution >= 0.6 is 0 Å². The van der Waals surface area contributed by atoms with Gasteiger partial charge in [-0.2, -0.15) is 0 Å². The van der Waals surface area contributed by atoms with Crippen LogP contribution in [0.25, 0.3) is 0 Å². The summed E-state index contributed by atoms with van der Waals surface area (Å²) < 4.78 is 2.46. The standard InChI is InChI=1S/C14H24N4/c1-16-8-10-17(11-9-16)7-5-14-15-12-13-4-2-3-6-18(13)14/h12H,2-11H2,1H3. The van der Waals surface area contributed by atoms with E-state index in [1.54, 1.807) is 0 Å². The molecule has 0 spiro atoms. The fourth-order valence-corrected chi connectivity index (χ4v) is 3.03. The highest BCUT2D eigenvalue weighted by molar-refractivity contribution is 5.08. The number of nitrogens with zero attached hydrogens (tertiary/aromatic N) is 4. The van der Waals surface area contributed by atoms with Crippen molar-refractivity contribution in [3.05, 3.63) is 17.7 Å². The lowest BCUT2D eigenvalue weighted by Crippen LogP contribution is -2.45. The monoisotopic (exact) mass is 248 g/mol. The lowest BCUT2D eigenvalue weighted by Gasteiger charge is -2.32. The number of aromatic nitrogens is 2. The number of rotatable bonds is 3. The molecule has 0 saturated carbocycles. The average Bonchev–Trinajstić information content (AvgIpc) is 2.82. The van der Waals surface area contributed by atoms with Gasteiger partial charge in [-0.05, 0) is 26.3 Å². The first-order valence-electron chi connectivity index (χ1n) is 7.27. The van der Waals surface area contributed by atoms with E-state index in [9.17, 15) is 0 Å². The normalized spacial score (nSPS) is 22.1. The molecule has 1 saturated heterocycles. The molecule has 1 aromatic rings. The van der Waals surface area contributed by atoms with Crippen molar-refractivity contribution in [3.63, 3.8) is 0 Å². The van der Waals surface area contributed by atoms with Crippen LogP contribution in [0, 0.1) is 0 Å². The number of piperazine rings is 1. The van der Waals surface area contributed by atoms with Crippen LogP contribution < -0.4 is 0 Å². The smallest absolute Gasteiger partial charge is 0.110 e. The fraction of sp³-hybridized carbons (Fsp3) is 0.786. The maximum Gasteiger partial charge on any atom is 0.110 e. The predicted octanol–water partition coefficient (Wildman–Crippen LogP) is 1.01. The molecular formula is C14H24N4. The van der Waals surface area contributed by atoms with Crippen LogP contribution in [0.4, 0.5) is 0 Å². The second-order valence-electron chi connectivity index (χ2n) is 5.67. The molecule has 100 valence electrons. The predicted molar refractivity (Wildman–Crippen MR) is 72.8 cm³/mol. The molecule has 0 atom stereocenters. The van der Waals surface area contributed by atoms with Crippen molar-refractivity contribution in [1.29, 1.82) is 0 Å². The van der Waals surface area contributed by atoms with E-state index < -0.39 is 0 Å². The number of aryl methyl sites for hydroxylation is 1. The van der Waals surface area contributed by atoms with Gasteiger partial charge in [-0.1, -0.05) is 0 Å². The number of likely N-dealkylation sites (N-methyl/N-ethyl adjacent to an activating group) is 1. The van der Waals surface area contributed by atoms with Crippen LogP contribution in [0.5, 0.6) is 0 Å². The molecule has 3 heterocycles. The Morgan fingerprint density at radius 1 is 1.11 bits per heavy atom. The van der Waals surface area contributed by atoms with Gasteiger partial charge in [0, 0.05) is 57.6 Å². The van der Waals surface area contributed by atoms with E-state index in [0.29, 0.717) is 0 Å². The van der Waals surface area contributed by atoms with Gasteiger partial charge in [0.2, 0.25) is 0 Å². The molecule has 18 heavy (non-hydrogen) atoms. The lowest BCUT2D eigenvalue weighted by molar-refractivity contribution is 0.154. The van der Waals surface area contributed by atoms with E-state index in [1.165, 1.54) is 70.0 Å². The van der Waals surface area contributed by atoms with E-state index in [4.69, 9.17) is 0 Å². The second-order valence-corrected chi connectivity index (χ2v) is 5.67. The minimum Gasteiger partial charge on any atom is -0.332 e. The largest absolute Gasteiger partial charge is 0.332 e. The number of hydrogen-bond donors (Lipinski definition) is 0. The van der Waals surface area contributed by atoms with Crippen LogP contribution in [0.2, 0.25) is 0 Å². The summed E-state index contributed by atoms with van der Waals surface area (Å²) in [6.45, 7) is 7.20. The molecule has 1 aromatic heterocycles. The Balaban J connectivity index is 1.55. The first-order chi connectivity index (χ1) is 8.83. The second kappa shape index (κ2) is 5.41. The third-order valence-electron chi connectivity index (χ3n) is 4.33. The third kappa shape index (κ3) is 2.59.